The molecular formula is C18H28ClNOS. The molecule has 0 bridgehead atoms. The Labute approximate surface area is 144 Å². The van der Waals surface area contributed by atoms with E-state index < -0.39 is 0 Å². The quantitative estimate of drug-likeness (QED) is 0.626. The minimum Gasteiger partial charge on any atom is -0.380 e. The van der Waals surface area contributed by atoms with Crippen molar-refractivity contribution in [2.45, 2.75) is 46.2 Å². The summed E-state index contributed by atoms with van der Waals surface area (Å²) in [5, 5.41) is 3.50. The average Bonchev–Trinajstić information content (AvgIpc) is 2.89. The topological polar surface area (TPSA) is 12.5 Å². The van der Waals surface area contributed by atoms with Crippen molar-refractivity contribution in [1.82, 2.24) is 4.90 Å². The summed E-state index contributed by atoms with van der Waals surface area (Å²) in [4.78, 5) is 2.47. The number of benzene rings is 1. The minimum atomic E-state index is 0. The van der Waals surface area contributed by atoms with Crippen LogP contribution in [0.25, 0.3) is 10.1 Å². The molecule has 4 heteroatoms. The van der Waals surface area contributed by atoms with Crippen molar-refractivity contribution in [3.05, 3.63) is 35.2 Å². The summed E-state index contributed by atoms with van der Waals surface area (Å²) in [7, 11) is 0. The zero-order valence-electron chi connectivity index (χ0n) is 14.0. The van der Waals surface area contributed by atoms with Gasteiger partial charge in [0.05, 0.1) is 13.2 Å². The summed E-state index contributed by atoms with van der Waals surface area (Å²) in [5.74, 6) is 0. The number of halogens is 1. The predicted octanol–water partition coefficient (Wildman–Crippen LogP) is 5.00. The van der Waals surface area contributed by atoms with Crippen molar-refractivity contribution in [1.29, 1.82) is 0 Å². The second-order valence-corrected chi connectivity index (χ2v) is 7.03. The first-order chi connectivity index (χ1) is 10.1. The van der Waals surface area contributed by atoms with Crippen molar-refractivity contribution in [2.24, 2.45) is 0 Å². The Bertz CT molecular complexity index is 545. The maximum Gasteiger partial charge on any atom is 0.0593 e. The van der Waals surface area contributed by atoms with Crippen molar-refractivity contribution in [2.75, 3.05) is 19.8 Å². The van der Waals surface area contributed by atoms with E-state index in [1.165, 1.54) is 15.6 Å². The van der Waals surface area contributed by atoms with Gasteiger partial charge in [0.15, 0.2) is 0 Å². The van der Waals surface area contributed by atoms with Gasteiger partial charge in [0, 0.05) is 23.3 Å². The van der Waals surface area contributed by atoms with E-state index in [0.29, 0.717) is 12.1 Å². The van der Waals surface area contributed by atoms with E-state index in [2.05, 4.69) is 62.2 Å². The summed E-state index contributed by atoms with van der Waals surface area (Å²) in [6.07, 6.45) is 0.995. The molecule has 0 amide bonds. The van der Waals surface area contributed by atoms with Crippen LogP contribution < -0.4 is 0 Å². The molecule has 0 spiro atoms. The third kappa shape index (κ3) is 5.54. The van der Waals surface area contributed by atoms with Crippen LogP contribution in [0.2, 0.25) is 0 Å². The number of nitrogens with zero attached hydrogens (tertiary/aromatic N) is 1. The molecule has 124 valence electrons. The van der Waals surface area contributed by atoms with Gasteiger partial charge >= 0.3 is 0 Å². The number of thiophene rings is 1. The van der Waals surface area contributed by atoms with Gasteiger partial charge in [0.1, 0.15) is 0 Å². The third-order valence-corrected chi connectivity index (χ3v) is 4.77. The molecule has 2 nitrogen and oxygen atoms in total. The Morgan fingerprint density at radius 2 is 1.77 bits per heavy atom. The molecular weight excluding hydrogens is 314 g/mol. The first-order valence-corrected chi connectivity index (χ1v) is 8.75. The summed E-state index contributed by atoms with van der Waals surface area (Å²) < 4.78 is 7.19. The van der Waals surface area contributed by atoms with Crippen LogP contribution in [0, 0.1) is 0 Å². The highest BCUT2D eigenvalue weighted by atomic mass is 35.5. The number of fused-ring (bicyclic) bond motifs is 1. The molecule has 0 aliphatic carbocycles. The van der Waals surface area contributed by atoms with E-state index in [1.54, 1.807) is 11.3 Å². The van der Waals surface area contributed by atoms with Crippen molar-refractivity contribution in [3.8, 4) is 0 Å². The Morgan fingerprint density at radius 1 is 1.05 bits per heavy atom. The highest BCUT2D eigenvalue weighted by molar-refractivity contribution is 7.17. The van der Waals surface area contributed by atoms with E-state index in [9.17, 15) is 0 Å². The molecule has 0 unspecified atom stereocenters. The van der Waals surface area contributed by atoms with E-state index in [0.717, 1.165) is 26.2 Å². The normalized spacial score (nSPS) is 11.6. The fraction of sp³-hybridized carbons (Fsp3) is 0.556. The van der Waals surface area contributed by atoms with Crippen LogP contribution >= 0.6 is 23.7 Å². The van der Waals surface area contributed by atoms with Gasteiger partial charge in [0.2, 0.25) is 0 Å². The van der Waals surface area contributed by atoms with Gasteiger partial charge < -0.3 is 4.74 Å². The van der Waals surface area contributed by atoms with Gasteiger partial charge in [-0.1, -0.05) is 12.1 Å². The van der Waals surface area contributed by atoms with Gasteiger partial charge in [-0.25, -0.2) is 0 Å². The fourth-order valence-corrected chi connectivity index (χ4v) is 3.52. The van der Waals surface area contributed by atoms with Crippen molar-refractivity contribution >= 4 is 33.8 Å². The van der Waals surface area contributed by atoms with E-state index in [-0.39, 0.29) is 12.4 Å². The molecule has 2 rings (SSSR count). The van der Waals surface area contributed by atoms with Crippen LogP contribution in [0.3, 0.4) is 0 Å². The number of hydrogen-bond acceptors (Lipinski definition) is 3. The Kier molecular flexibility index (Phi) is 8.40. The molecule has 0 N–H and O–H groups in total. The molecule has 0 aliphatic heterocycles. The molecule has 1 aromatic carbocycles. The lowest BCUT2D eigenvalue weighted by Gasteiger charge is -2.30. The summed E-state index contributed by atoms with van der Waals surface area (Å²) in [5.41, 5.74) is 1.37. The third-order valence-electron chi connectivity index (χ3n) is 3.87. The average molecular weight is 342 g/mol. The van der Waals surface area contributed by atoms with E-state index >= 15 is 0 Å². The summed E-state index contributed by atoms with van der Waals surface area (Å²) >= 11 is 1.80. The van der Waals surface area contributed by atoms with Crippen LogP contribution in [-0.2, 0) is 11.2 Å². The van der Waals surface area contributed by atoms with E-state index in [1.807, 2.05) is 0 Å². The van der Waals surface area contributed by atoms with Gasteiger partial charge in [-0.2, -0.15) is 0 Å². The highest BCUT2D eigenvalue weighted by Crippen LogP contribution is 2.21. The smallest absolute Gasteiger partial charge is 0.0593 e. The largest absolute Gasteiger partial charge is 0.380 e. The lowest BCUT2D eigenvalue weighted by molar-refractivity contribution is 0.0800. The summed E-state index contributed by atoms with van der Waals surface area (Å²) in [6, 6.07) is 10.1. The molecule has 0 saturated heterocycles. The Morgan fingerprint density at radius 3 is 2.45 bits per heavy atom. The predicted molar refractivity (Wildman–Crippen MR) is 101 cm³/mol. The molecule has 1 aromatic heterocycles. The molecule has 0 saturated carbocycles. The second kappa shape index (κ2) is 9.51. The number of rotatable bonds is 8. The molecule has 0 aliphatic rings. The maximum atomic E-state index is 5.82. The van der Waals surface area contributed by atoms with Crippen molar-refractivity contribution in [3.63, 3.8) is 0 Å². The lowest BCUT2D eigenvalue weighted by atomic mass is 10.1. The lowest BCUT2D eigenvalue weighted by Crippen LogP contribution is -2.39. The molecule has 0 atom stereocenters. The zero-order chi connectivity index (χ0) is 15.2. The van der Waals surface area contributed by atoms with Crippen LogP contribution in [0.5, 0.6) is 0 Å². The fourth-order valence-electron chi connectivity index (χ4n) is 2.75. The van der Waals surface area contributed by atoms with Gasteiger partial charge in [-0.05, 0) is 62.6 Å². The first-order valence-electron chi connectivity index (χ1n) is 7.87. The minimum absolute atomic E-state index is 0. The SMILES string of the molecule is CC(C)N(CCOCCc1ccc2sccc2c1)C(C)C.Cl. The van der Waals surface area contributed by atoms with Crippen LogP contribution in [0.1, 0.15) is 33.3 Å². The molecule has 2 aromatic rings. The molecule has 0 radical (unpaired) electrons. The number of ether oxygens (including phenoxy) is 1. The first kappa shape index (κ1) is 19.4. The Hall–Kier alpha value is -0.610. The zero-order valence-corrected chi connectivity index (χ0v) is 15.7. The standard InChI is InChI=1S/C18H27NOS.ClH/c1-14(2)19(15(3)4)9-11-20-10-7-16-5-6-18-17(13-16)8-12-21-18;/h5-6,8,12-15H,7,9-11H2,1-4H3;1H. The highest BCUT2D eigenvalue weighted by Gasteiger charge is 2.12. The summed E-state index contributed by atoms with van der Waals surface area (Å²) in [6.45, 7) is 11.6. The van der Waals surface area contributed by atoms with Gasteiger partial charge in [0.25, 0.3) is 0 Å². The molecule has 22 heavy (non-hydrogen) atoms. The van der Waals surface area contributed by atoms with E-state index in [4.69, 9.17) is 4.74 Å². The van der Waals surface area contributed by atoms with Gasteiger partial charge in [-0.15, -0.1) is 23.7 Å². The monoisotopic (exact) mass is 341 g/mol. The Balaban J connectivity index is 0.00000242. The maximum absolute atomic E-state index is 5.82. The van der Waals surface area contributed by atoms with Crippen LogP contribution in [0.15, 0.2) is 29.6 Å². The van der Waals surface area contributed by atoms with Gasteiger partial charge in [-0.3, -0.25) is 4.90 Å². The van der Waals surface area contributed by atoms with Crippen LogP contribution in [-0.4, -0.2) is 36.7 Å². The molecule has 1 heterocycles. The molecule has 0 fully saturated rings. The van der Waals surface area contributed by atoms with Crippen molar-refractivity contribution < 1.29 is 4.74 Å². The number of hydrogen-bond donors (Lipinski definition) is 0. The second-order valence-electron chi connectivity index (χ2n) is 6.08. The van der Waals surface area contributed by atoms with Crippen LogP contribution in [0.4, 0.5) is 0 Å².